The standard InChI is InChI=1S/C14H20ClNO4S2/c1-11(2)9-16(13-7-8-21(17,18)10-13)22(19,20)14-5-3-12(15)4-6-14/h3-6,11,13H,7-10H2,1-2H3. The van der Waals surface area contributed by atoms with E-state index in [2.05, 4.69) is 0 Å². The molecule has 1 fully saturated rings. The predicted octanol–water partition coefficient (Wildman–Crippen LogP) is 2.17. The van der Waals surface area contributed by atoms with Gasteiger partial charge >= 0.3 is 0 Å². The number of sulfonamides is 1. The van der Waals surface area contributed by atoms with E-state index in [1.807, 2.05) is 13.8 Å². The van der Waals surface area contributed by atoms with Gasteiger partial charge in [0.05, 0.1) is 16.4 Å². The molecule has 2 rings (SSSR count). The van der Waals surface area contributed by atoms with Crippen LogP contribution < -0.4 is 0 Å². The molecular weight excluding hydrogens is 346 g/mol. The van der Waals surface area contributed by atoms with Crippen molar-refractivity contribution in [2.45, 2.75) is 31.2 Å². The van der Waals surface area contributed by atoms with Gasteiger partial charge in [0.25, 0.3) is 0 Å². The lowest BCUT2D eigenvalue weighted by molar-refractivity contribution is 0.308. The van der Waals surface area contributed by atoms with E-state index in [9.17, 15) is 16.8 Å². The van der Waals surface area contributed by atoms with Gasteiger partial charge in [-0.05, 0) is 36.6 Å². The fourth-order valence-electron chi connectivity index (χ4n) is 2.55. The number of hydrogen-bond acceptors (Lipinski definition) is 4. The number of rotatable bonds is 5. The molecule has 1 heterocycles. The van der Waals surface area contributed by atoms with Crippen LogP contribution in [0.25, 0.3) is 0 Å². The minimum Gasteiger partial charge on any atom is -0.229 e. The smallest absolute Gasteiger partial charge is 0.229 e. The lowest BCUT2D eigenvalue weighted by Gasteiger charge is -2.29. The monoisotopic (exact) mass is 365 g/mol. The Balaban J connectivity index is 2.38. The molecule has 124 valence electrons. The molecule has 0 aliphatic carbocycles. The first-order chi connectivity index (χ1) is 10.1. The Kier molecular flexibility index (Phi) is 5.21. The van der Waals surface area contributed by atoms with E-state index < -0.39 is 25.9 Å². The second-order valence-electron chi connectivity index (χ2n) is 5.98. The molecule has 1 aromatic carbocycles. The average Bonchev–Trinajstić information content (AvgIpc) is 2.76. The third-order valence-corrected chi connectivity index (χ3v) is 7.52. The van der Waals surface area contributed by atoms with Crippen LogP contribution in [-0.4, -0.2) is 45.2 Å². The molecule has 5 nitrogen and oxygen atoms in total. The van der Waals surface area contributed by atoms with Gasteiger partial charge in [0.15, 0.2) is 9.84 Å². The first-order valence-corrected chi connectivity index (χ1v) is 10.7. The molecular formula is C14H20ClNO4S2. The molecule has 0 radical (unpaired) electrons. The van der Waals surface area contributed by atoms with Crippen molar-refractivity contribution in [2.75, 3.05) is 18.1 Å². The molecule has 1 aromatic rings. The topological polar surface area (TPSA) is 71.5 Å². The van der Waals surface area contributed by atoms with Gasteiger partial charge in [-0.2, -0.15) is 4.31 Å². The Morgan fingerprint density at radius 3 is 2.32 bits per heavy atom. The van der Waals surface area contributed by atoms with Crippen LogP contribution in [0.5, 0.6) is 0 Å². The maximum atomic E-state index is 12.9. The number of hydrogen-bond donors (Lipinski definition) is 0. The number of halogens is 1. The molecule has 0 aromatic heterocycles. The fraction of sp³-hybridized carbons (Fsp3) is 0.571. The SMILES string of the molecule is CC(C)CN(C1CCS(=O)(=O)C1)S(=O)(=O)c1ccc(Cl)cc1. The van der Waals surface area contributed by atoms with Crippen LogP contribution in [0.4, 0.5) is 0 Å². The van der Waals surface area contributed by atoms with E-state index in [0.29, 0.717) is 18.0 Å². The van der Waals surface area contributed by atoms with Gasteiger partial charge in [-0.1, -0.05) is 25.4 Å². The second kappa shape index (κ2) is 6.47. The van der Waals surface area contributed by atoms with Gasteiger partial charge in [-0.25, -0.2) is 16.8 Å². The predicted molar refractivity (Wildman–Crippen MR) is 87.2 cm³/mol. The molecule has 22 heavy (non-hydrogen) atoms. The number of sulfone groups is 1. The van der Waals surface area contributed by atoms with Crippen molar-refractivity contribution in [3.05, 3.63) is 29.3 Å². The van der Waals surface area contributed by atoms with Crippen molar-refractivity contribution in [1.82, 2.24) is 4.31 Å². The normalized spacial score (nSPS) is 21.6. The quantitative estimate of drug-likeness (QED) is 0.801. The summed E-state index contributed by atoms with van der Waals surface area (Å²) in [7, 11) is -6.89. The highest BCUT2D eigenvalue weighted by atomic mass is 35.5. The molecule has 1 unspecified atom stereocenters. The molecule has 0 saturated carbocycles. The van der Waals surface area contributed by atoms with Crippen molar-refractivity contribution in [1.29, 1.82) is 0 Å². The zero-order chi connectivity index (χ0) is 16.5. The minimum absolute atomic E-state index is 0.0440. The third-order valence-electron chi connectivity index (χ3n) is 3.58. The van der Waals surface area contributed by atoms with E-state index >= 15 is 0 Å². The lowest BCUT2D eigenvalue weighted by Crippen LogP contribution is -2.43. The van der Waals surface area contributed by atoms with E-state index in [4.69, 9.17) is 11.6 Å². The summed E-state index contributed by atoms with van der Waals surface area (Å²) in [5.74, 6) is 0.0416. The molecule has 0 bridgehead atoms. The van der Waals surface area contributed by atoms with Crippen LogP contribution in [0, 0.1) is 5.92 Å². The first kappa shape index (κ1) is 17.7. The summed E-state index contributed by atoms with van der Waals surface area (Å²) in [5.41, 5.74) is 0. The molecule has 0 N–H and O–H groups in total. The number of nitrogens with zero attached hydrogens (tertiary/aromatic N) is 1. The Morgan fingerprint density at radius 1 is 1.27 bits per heavy atom. The highest BCUT2D eigenvalue weighted by Crippen LogP contribution is 2.26. The summed E-state index contributed by atoms with van der Waals surface area (Å²) in [5, 5.41) is 0.456. The number of benzene rings is 1. The van der Waals surface area contributed by atoms with Crippen LogP contribution in [0.15, 0.2) is 29.2 Å². The molecule has 1 aliphatic rings. The van der Waals surface area contributed by atoms with Crippen molar-refractivity contribution in [3.63, 3.8) is 0 Å². The fourth-order valence-corrected chi connectivity index (χ4v) is 6.32. The van der Waals surface area contributed by atoms with Crippen LogP contribution >= 0.6 is 11.6 Å². The Bertz CT molecular complexity index is 727. The zero-order valence-electron chi connectivity index (χ0n) is 12.6. The van der Waals surface area contributed by atoms with E-state index in [1.54, 1.807) is 0 Å². The summed E-state index contributed by atoms with van der Waals surface area (Å²) in [6.45, 7) is 4.12. The van der Waals surface area contributed by atoms with Gasteiger partial charge in [-0.3, -0.25) is 0 Å². The average molecular weight is 366 g/mol. The third kappa shape index (κ3) is 4.01. The Hall–Kier alpha value is -0.630. The van der Waals surface area contributed by atoms with Crippen LogP contribution in [0.1, 0.15) is 20.3 Å². The Labute approximate surface area is 137 Å². The largest absolute Gasteiger partial charge is 0.243 e. The van der Waals surface area contributed by atoms with Crippen LogP contribution in [-0.2, 0) is 19.9 Å². The summed E-state index contributed by atoms with van der Waals surface area (Å²) in [6, 6.07) is 5.46. The van der Waals surface area contributed by atoms with E-state index in [0.717, 1.165) is 0 Å². The van der Waals surface area contributed by atoms with E-state index in [1.165, 1.54) is 28.6 Å². The van der Waals surface area contributed by atoms with Gasteiger partial charge in [0.1, 0.15) is 0 Å². The summed E-state index contributed by atoms with van der Waals surface area (Å²) in [6.07, 6.45) is 0.349. The molecule has 1 atom stereocenters. The maximum absolute atomic E-state index is 12.9. The van der Waals surface area contributed by atoms with Crippen molar-refractivity contribution < 1.29 is 16.8 Å². The van der Waals surface area contributed by atoms with Gasteiger partial charge in [0.2, 0.25) is 10.0 Å². The molecule has 0 spiro atoms. The van der Waals surface area contributed by atoms with Gasteiger partial charge in [-0.15, -0.1) is 0 Å². The summed E-state index contributed by atoms with van der Waals surface area (Å²) >= 11 is 5.80. The zero-order valence-corrected chi connectivity index (χ0v) is 15.0. The highest BCUT2D eigenvalue weighted by Gasteiger charge is 2.38. The molecule has 0 amide bonds. The first-order valence-electron chi connectivity index (χ1n) is 7.09. The van der Waals surface area contributed by atoms with Crippen molar-refractivity contribution in [3.8, 4) is 0 Å². The maximum Gasteiger partial charge on any atom is 0.243 e. The van der Waals surface area contributed by atoms with Crippen molar-refractivity contribution >= 4 is 31.5 Å². The lowest BCUT2D eigenvalue weighted by atomic mass is 10.2. The molecule has 1 aliphatic heterocycles. The Morgan fingerprint density at radius 2 is 1.86 bits per heavy atom. The van der Waals surface area contributed by atoms with Crippen molar-refractivity contribution in [2.24, 2.45) is 5.92 Å². The van der Waals surface area contributed by atoms with E-state index in [-0.39, 0.29) is 22.3 Å². The highest BCUT2D eigenvalue weighted by molar-refractivity contribution is 7.92. The minimum atomic E-state index is -3.74. The molecule has 8 heteroatoms. The second-order valence-corrected chi connectivity index (χ2v) is 10.5. The van der Waals surface area contributed by atoms with Gasteiger partial charge in [0, 0.05) is 17.6 Å². The summed E-state index contributed by atoms with van der Waals surface area (Å²) < 4.78 is 50.5. The summed E-state index contributed by atoms with van der Waals surface area (Å²) in [4.78, 5) is 0.141. The van der Waals surface area contributed by atoms with Crippen LogP contribution in [0.3, 0.4) is 0 Å². The van der Waals surface area contributed by atoms with Crippen LogP contribution in [0.2, 0.25) is 5.02 Å². The van der Waals surface area contributed by atoms with Gasteiger partial charge < -0.3 is 0 Å². The molecule has 1 saturated heterocycles.